The third-order valence-electron chi connectivity index (χ3n) is 16.4. The van der Waals surface area contributed by atoms with Crippen molar-refractivity contribution in [3.05, 3.63) is 184 Å². The number of allylic oxidation sites excluding steroid dienone is 2. The van der Waals surface area contributed by atoms with Gasteiger partial charge in [-0.1, -0.05) is 115 Å². The summed E-state index contributed by atoms with van der Waals surface area (Å²) in [6.45, 7) is 0. The summed E-state index contributed by atoms with van der Waals surface area (Å²) >= 11 is 0. The van der Waals surface area contributed by atoms with E-state index in [9.17, 15) is 0 Å². The molecule has 4 fully saturated rings. The highest BCUT2D eigenvalue weighted by molar-refractivity contribution is 6.00. The molecule has 0 amide bonds. The van der Waals surface area contributed by atoms with Gasteiger partial charge in [0.1, 0.15) is 0 Å². The molecule has 0 aromatic heterocycles. The van der Waals surface area contributed by atoms with Crippen LogP contribution in [0.15, 0.2) is 145 Å². The van der Waals surface area contributed by atoms with E-state index < -0.39 is 0 Å². The van der Waals surface area contributed by atoms with Crippen molar-refractivity contribution in [2.75, 3.05) is 4.90 Å². The molecule has 4 saturated carbocycles. The first-order valence-electron chi connectivity index (χ1n) is 20.9. The number of benzene rings is 6. The van der Waals surface area contributed by atoms with Crippen LogP contribution in [0.1, 0.15) is 90.3 Å². The van der Waals surface area contributed by atoms with E-state index in [2.05, 4.69) is 144 Å². The topological polar surface area (TPSA) is 3.24 Å². The second kappa shape index (κ2) is 9.74. The van der Waals surface area contributed by atoms with Crippen molar-refractivity contribution < 1.29 is 0 Å². The van der Waals surface area contributed by atoms with Gasteiger partial charge in [0.05, 0.1) is 22.5 Å². The molecular formula is C53H43N. The predicted octanol–water partition coefficient (Wildman–Crippen LogP) is 12.9. The third kappa shape index (κ3) is 3.15. The molecule has 6 aromatic rings. The zero-order valence-electron chi connectivity index (χ0n) is 30.7. The highest BCUT2D eigenvalue weighted by atomic mass is 15.2. The van der Waals surface area contributed by atoms with Crippen molar-refractivity contribution in [2.45, 2.75) is 67.6 Å². The van der Waals surface area contributed by atoms with Gasteiger partial charge < -0.3 is 4.90 Å². The van der Waals surface area contributed by atoms with E-state index >= 15 is 0 Å². The van der Waals surface area contributed by atoms with Gasteiger partial charge in [0.15, 0.2) is 0 Å². The molecule has 7 bridgehead atoms. The average Bonchev–Trinajstić information content (AvgIpc) is 3.22. The molecule has 0 radical (unpaired) electrons. The van der Waals surface area contributed by atoms with E-state index in [0.717, 1.165) is 11.8 Å². The summed E-state index contributed by atoms with van der Waals surface area (Å²) < 4.78 is 0. The molecule has 0 N–H and O–H groups in total. The first kappa shape index (κ1) is 29.2. The largest absolute Gasteiger partial charge is 0.309 e. The quantitative estimate of drug-likeness (QED) is 0.163. The van der Waals surface area contributed by atoms with Crippen LogP contribution in [0.2, 0.25) is 0 Å². The Labute approximate surface area is 318 Å². The minimum absolute atomic E-state index is 0.0156. The Morgan fingerprint density at radius 1 is 0.481 bits per heavy atom. The van der Waals surface area contributed by atoms with Gasteiger partial charge in [-0.3, -0.25) is 0 Å². The highest BCUT2D eigenvalue weighted by Crippen LogP contribution is 2.76. The van der Waals surface area contributed by atoms with Gasteiger partial charge in [0.2, 0.25) is 0 Å². The Kier molecular flexibility index (Phi) is 5.28. The molecule has 260 valence electrons. The number of anilines is 3. The van der Waals surface area contributed by atoms with Crippen LogP contribution in [0.25, 0.3) is 22.3 Å². The van der Waals surface area contributed by atoms with Gasteiger partial charge >= 0.3 is 0 Å². The molecule has 2 heterocycles. The van der Waals surface area contributed by atoms with Gasteiger partial charge in [-0.2, -0.15) is 0 Å². The first-order chi connectivity index (χ1) is 26.7. The second-order valence-electron chi connectivity index (χ2n) is 18.4. The zero-order valence-corrected chi connectivity index (χ0v) is 30.7. The van der Waals surface area contributed by atoms with Gasteiger partial charge in [-0.25, -0.2) is 0 Å². The lowest BCUT2D eigenvalue weighted by atomic mass is 9.40. The van der Waals surface area contributed by atoms with Gasteiger partial charge in [-0.05, 0) is 167 Å². The van der Waals surface area contributed by atoms with Crippen LogP contribution in [-0.2, 0) is 16.2 Å². The number of rotatable bonds is 2. The summed E-state index contributed by atoms with van der Waals surface area (Å²) in [5.74, 6) is 3.09. The smallest absolute Gasteiger partial charge is 0.0709 e. The van der Waals surface area contributed by atoms with E-state index in [1.807, 2.05) is 0 Å². The van der Waals surface area contributed by atoms with Crippen LogP contribution >= 0.6 is 0 Å². The van der Waals surface area contributed by atoms with Gasteiger partial charge in [-0.15, -0.1) is 0 Å². The Morgan fingerprint density at radius 3 is 1.89 bits per heavy atom. The Hall–Kier alpha value is -5.14. The maximum Gasteiger partial charge on any atom is 0.0709 e. The molecule has 54 heavy (non-hydrogen) atoms. The first-order valence-corrected chi connectivity index (χ1v) is 20.9. The standard InChI is InChI=1S/C53H43N/c1-3-11-34(12-4-1)36-20-21-47-44(28-36)52(39-24-32-23-33(26-39)27-40(52)25-32)45-29-37(35-13-5-2-6-14-35)30-46-50(45)54(47)48-19-9-18-43-49(48)53(46)38-15-10-22-51(43,31-38)41-16-7-8-17-42(41)53/h1-9,11-14,16-21,28-33,39-40H,10,15,22-27H2. The number of nitrogens with zero attached hydrogens (tertiary/aromatic N) is 1. The third-order valence-corrected chi connectivity index (χ3v) is 16.4. The molecule has 8 aliphatic carbocycles. The summed E-state index contributed by atoms with van der Waals surface area (Å²) in [4.78, 5) is 2.81. The zero-order chi connectivity index (χ0) is 35.0. The lowest BCUT2D eigenvalue weighted by Crippen LogP contribution is -2.59. The molecule has 1 nitrogen and oxygen atoms in total. The fraction of sp³-hybridized carbons (Fsp3) is 0.283. The molecule has 6 aromatic carbocycles. The Bertz CT molecular complexity index is 2640. The lowest BCUT2D eigenvalue weighted by Gasteiger charge is -2.66. The summed E-state index contributed by atoms with van der Waals surface area (Å²) in [5, 5.41) is 0. The number of fused-ring (bicyclic) bond motifs is 3. The van der Waals surface area contributed by atoms with Gasteiger partial charge in [0, 0.05) is 10.8 Å². The fourth-order valence-electron chi connectivity index (χ4n) is 14.9. The Morgan fingerprint density at radius 2 is 1.13 bits per heavy atom. The number of hydrogen-bond acceptors (Lipinski definition) is 1. The van der Waals surface area contributed by atoms with Crippen molar-refractivity contribution in [1.29, 1.82) is 0 Å². The van der Waals surface area contributed by atoms with E-state index in [1.54, 1.807) is 44.5 Å². The van der Waals surface area contributed by atoms with Crippen molar-refractivity contribution in [1.82, 2.24) is 0 Å². The van der Waals surface area contributed by atoms with Gasteiger partial charge in [0.25, 0.3) is 0 Å². The molecule has 2 aliphatic heterocycles. The van der Waals surface area contributed by atoms with Crippen LogP contribution in [-0.4, -0.2) is 0 Å². The highest BCUT2D eigenvalue weighted by Gasteiger charge is 2.66. The van der Waals surface area contributed by atoms with Crippen molar-refractivity contribution >= 4 is 17.1 Å². The monoisotopic (exact) mass is 693 g/mol. The van der Waals surface area contributed by atoms with Crippen molar-refractivity contribution in [3.63, 3.8) is 0 Å². The molecule has 2 unspecified atom stereocenters. The van der Waals surface area contributed by atoms with Crippen LogP contribution in [0.3, 0.4) is 0 Å². The SMILES string of the molecule is C1=C2CCCC13c1ccccc1C21c2cc(-c4ccccc4)cc4c2N(c2ccc(-c5ccccc5)cc2C42C4CC5CC(C4)CC2C5)c2cccc3c21. The fourth-order valence-corrected chi connectivity index (χ4v) is 14.9. The van der Waals surface area contributed by atoms with E-state index in [1.165, 1.54) is 90.7 Å². The lowest BCUT2D eigenvalue weighted by molar-refractivity contribution is -0.0419. The summed E-state index contributed by atoms with van der Waals surface area (Å²) in [7, 11) is 0. The predicted molar refractivity (Wildman–Crippen MR) is 219 cm³/mol. The average molecular weight is 694 g/mol. The van der Waals surface area contributed by atoms with Crippen LogP contribution in [0.4, 0.5) is 17.1 Å². The molecule has 3 spiro atoms. The minimum Gasteiger partial charge on any atom is -0.309 e. The van der Waals surface area contributed by atoms with E-state index in [-0.39, 0.29) is 16.2 Å². The maximum absolute atomic E-state index is 2.81. The Balaban J connectivity index is 1.18. The van der Waals surface area contributed by atoms with Crippen LogP contribution in [0.5, 0.6) is 0 Å². The molecule has 0 saturated heterocycles. The van der Waals surface area contributed by atoms with E-state index in [0.29, 0.717) is 11.8 Å². The maximum atomic E-state index is 2.81. The molecular weight excluding hydrogens is 651 g/mol. The molecule has 1 heteroatoms. The minimum atomic E-state index is -0.287. The van der Waals surface area contributed by atoms with Crippen LogP contribution in [0, 0.1) is 23.7 Å². The summed E-state index contributed by atoms with van der Waals surface area (Å²) in [6, 6.07) is 52.7. The van der Waals surface area contributed by atoms with Crippen molar-refractivity contribution in [3.8, 4) is 22.3 Å². The number of hydrogen-bond donors (Lipinski definition) is 0. The van der Waals surface area contributed by atoms with E-state index in [4.69, 9.17) is 0 Å². The summed E-state index contributed by atoms with van der Waals surface area (Å²) in [6.07, 6.45) is 13.3. The molecule has 2 atom stereocenters. The summed E-state index contributed by atoms with van der Waals surface area (Å²) in [5.41, 5.74) is 22.1. The van der Waals surface area contributed by atoms with Crippen molar-refractivity contribution in [2.24, 2.45) is 23.7 Å². The van der Waals surface area contributed by atoms with Crippen LogP contribution < -0.4 is 4.90 Å². The second-order valence-corrected chi connectivity index (χ2v) is 18.4. The molecule has 10 aliphatic rings. The molecule has 16 rings (SSSR count). The normalized spacial score (nSPS) is 31.8.